The summed E-state index contributed by atoms with van der Waals surface area (Å²) >= 11 is 0. The number of sulfonamides is 1. The molecule has 1 aliphatic rings. The standard InChI is InChI=1S/C22H28N2O5S/c1-3-28-18-8-10-19(11-9-18)29-20-12-14-21(15-13-20)30(26,27)24-16(2)22(25)23-17-6-4-5-7-17/h8-17,24H,3-7H2,1-2H3,(H,23,25)/t16-/m1/s1. The highest BCUT2D eigenvalue weighted by molar-refractivity contribution is 7.89. The maximum absolute atomic E-state index is 12.6. The number of carbonyl (C=O) groups excluding carboxylic acids is 1. The van der Waals surface area contributed by atoms with Gasteiger partial charge in [-0.05, 0) is 75.2 Å². The summed E-state index contributed by atoms with van der Waals surface area (Å²) in [5, 5.41) is 2.91. The number of nitrogens with one attached hydrogen (secondary N) is 2. The molecule has 1 aliphatic carbocycles. The molecule has 0 spiro atoms. The quantitative estimate of drug-likeness (QED) is 0.631. The lowest BCUT2D eigenvalue weighted by Gasteiger charge is -2.18. The van der Waals surface area contributed by atoms with Gasteiger partial charge in [0.05, 0.1) is 17.5 Å². The molecule has 3 rings (SSSR count). The average molecular weight is 433 g/mol. The number of hydrogen-bond acceptors (Lipinski definition) is 5. The third-order valence-electron chi connectivity index (χ3n) is 4.93. The highest BCUT2D eigenvalue weighted by atomic mass is 32.2. The minimum absolute atomic E-state index is 0.0714. The van der Waals surface area contributed by atoms with Crippen molar-refractivity contribution in [1.82, 2.24) is 10.0 Å². The number of hydrogen-bond donors (Lipinski definition) is 2. The van der Waals surface area contributed by atoms with Gasteiger partial charge in [-0.1, -0.05) is 12.8 Å². The third kappa shape index (κ3) is 5.96. The molecule has 30 heavy (non-hydrogen) atoms. The van der Waals surface area contributed by atoms with Gasteiger partial charge in [0.25, 0.3) is 0 Å². The van der Waals surface area contributed by atoms with Crippen LogP contribution in [-0.4, -0.2) is 33.0 Å². The van der Waals surface area contributed by atoms with Gasteiger partial charge in [0, 0.05) is 6.04 Å². The van der Waals surface area contributed by atoms with Gasteiger partial charge in [-0.15, -0.1) is 0 Å². The number of carbonyl (C=O) groups is 1. The van der Waals surface area contributed by atoms with E-state index in [9.17, 15) is 13.2 Å². The van der Waals surface area contributed by atoms with E-state index in [4.69, 9.17) is 9.47 Å². The number of amides is 1. The van der Waals surface area contributed by atoms with Crippen LogP contribution < -0.4 is 19.5 Å². The summed E-state index contributed by atoms with van der Waals surface area (Å²) in [5.41, 5.74) is 0. The van der Waals surface area contributed by atoms with Gasteiger partial charge >= 0.3 is 0 Å². The van der Waals surface area contributed by atoms with E-state index in [-0.39, 0.29) is 16.8 Å². The Balaban J connectivity index is 1.58. The maximum Gasteiger partial charge on any atom is 0.241 e. The molecule has 8 heteroatoms. The third-order valence-corrected chi connectivity index (χ3v) is 6.49. The van der Waals surface area contributed by atoms with E-state index < -0.39 is 16.1 Å². The molecule has 1 fully saturated rings. The smallest absolute Gasteiger partial charge is 0.241 e. The van der Waals surface area contributed by atoms with E-state index in [1.807, 2.05) is 6.92 Å². The summed E-state index contributed by atoms with van der Waals surface area (Å²) in [6, 6.07) is 12.5. The van der Waals surface area contributed by atoms with Crippen LogP contribution in [0.5, 0.6) is 17.2 Å². The van der Waals surface area contributed by atoms with E-state index in [0.717, 1.165) is 31.4 Å². The minimum atomic E-state index is -3.82. The van der Waals surface area contributed by atoms with Crippen LogP contribution in [0, 0.1) is 0 Å². The van der Waals surface area contributed by atoms with Crippen molar-refractivity contribution in [3.63, 3.8) is 0 Å². The monoisotopic (exact) mass is 432 g/mol. The molecule has 1 saturated carbocycles. The zero-order chi connectivity index (χ0) is 21.6. The molecule has 7 nitrogen and oxygen atoms in total. The van der Waals surface area contributed by atoms with E-state index in [1.165, 1.54) is 12.1 Å². The second kappa shape index (κ2) is 9.95. The predicted octanol–water partition coefficient (Wildman–Crippen LogP) is 3.60. The Morgan fingerprint density at radius 1 is 1.00 bits per heavy atom. The maximum atomic E-state index is 12.6. The topological polar surface area (TPSA) is 93.7 Å². The number of rotatable bonds is 9. The average Bonchev–Trinajstić information content (AvgIpc) is 3.23. The second-order valence-corrected chi connectivity index (χ2v) is 9.02. The van der Waals surface area contributed by atoms with Crippen LogP contribution in [0.4, 0.5) is 0 Å². The first-order valence-electron chi connectivity index (χ1n) is 10.2. The van der Waals surface area contributed by atoms with Gasteiger partial charge in [-0.2, -0.15) is 4.72 Å². The predicted molar refractivity (Wildman–Crippen MR) is 114 cm³/mol. The lowest BCUT2D eigenvalue weighted by atomic mass is 10.2. The van der Waals surface area contributed by atoms with Crippen LogP contribution in [0.15, 0.2) is 53.4 Å². The number of ether oxygens (including phenoxy) is 2. The zero-order valence-electron chi connectivity index (χ0n) is 17.3. The molecular weight excluding hydrogens is 404 g/mol. The van der Waals surface area contributed by atoms with Crippen molar-refractivity contribution in [2.45, 2.75) is 56.5 Å². The van der Waals surface area contributed by atoms with E-state index >= 15 is 0 Å². The van der Waals surface area contributed by atoms with E-state index in [1.54, 1.807) is 43.3 Å². The molecule has 0 heterocycles. The molecule has 0 saturated heterocycles. The van der Waals surface area contributed by atoms with Gasteiger partial charge in [-0.25, -0.2) is 8.42 Å². The highest BCUT2D eigenvalue weighted by Gasteiger charge is 2.25. The zero-order valence-corrected chi connectivity index (χ0v) is 18.1. The molecule has 0 aliphatic heterocycles. The van der Waals surface area contributed by atoms with Crippen molar-refractivity contribution in [2.75, 3.05) is 6.61 Å². The summed E-state index contributed by atoms with van der Waals surface area (Å²) in [7, 11) is -3.82. The van der Waals surface area contributed by atoms with Crippen LogP contribution in [0.1, 0.15) is 39.5 Å². The van der Waals surface area contributed by atoms with Gasteiger partial charge in [0.15, 0.2) is 0 Å². The largest absolute Gasteiger partial charge is 0.494 e. The summed E-state index contributed by atoms with van der Waals surface area (Å²) < 4.78 is 38.8. The first-order chi connectivity index (χ1) is 14.4. The fraction of sp³-hybridized carbons (Fsp3) is 0.409. The van der Waals surface area contributed by atoms with E-state index in [0.29, 0.717) is 18.1 Å². The molecule has 2 N–H and O–H groups in total. The molecule has 2 aromatic carbocycles. The molecule has 0 bridgehead atoms. The Labute approximate surface area is 177 Å². The van der Waals surface area contributed by atoms with Crippen LogP contribution in [-0.2, 0) is 14.8 Å². The SMILES string of the molecule is CCOc1ccc(Oc2ccc(S(=O)(=O)N[C@H](C)C(=O)NC3CCCC3)cc2)cc1. The van der Waals surface area contributed by atoms with Crippen LogP contribution in [0.25, 0.3) is 0 Å². The lowest BCUT2D eigenvalue weighted by molar-refractivity contribution is -0.123. The molecule has 0 radical (unpaired) electrons. The molecule has 2 aromatic rings. The van der Waals surface area contributed by atoms with Crippen molar-refractivity contribution in [3.8, 4) is 17.2 Å². The molecule has 0 aromatic heterocycles. The van der Waals surface area contributed by atoms with Gasteiger partial charge in [0.2, 0.25) is 15.9 Å². The molecular formula is C22H28N2O5S. The summed E-state index contributed by atoms with van der Waals surface area (Å²) in [6.45, 7) is 4.05. The van der Waals surface area contributed by atoms with Crippen LogP contribution in [0.2, 0.25) is 0 Å². The van der Waals surface area contributed by atoms with E-state index in [2.05, 4.69) is 10.0 Å². The molecule has 1 amide bonds. The van der Waals surface area contributed by atoms with Gasteiger partial charge in [0.1, 0.15) is 17.2 Å². The Hall–Kier alpha value is -2.58. The van der Waals surface area contributed by atoms with Crippen molar-refractivity contribution in [3.05, 3.63) is 48.5 Å². The van der Waals surface area contributed by atoms with Crippen molar-refractivity contribution < 1.29 is 22.7 Å². The van der Waals surface area contributed by atoms with Crippen molar-refractivity contribution in [1.29, 1.82) is 0 Å². The Bertz CT molecular complexity index is 936. The summed E-state index contributed by atoms with van der Waals surface area (Å²) in [6.07, 6.45) is 4.08. The van der Waals surface area contributed by atoms with Gasteiger partial charge in [-0.3, -0.25) is 4.79 Å². The fourth-order valence-corrected chi connectivity index (χ4v) is 4.55. The summed E-state index contributed by atoms with van der Waals surface area (Å²) in [4.78, 5) is 12.3. The molecule has 162 valence electrons. The Morgan fingerprint density at radius 2 is 1.53 bits per heavy atom. The minimum Gasteiger partial charge on any atom is -0.494 e. The second-order valence-electron chi connectivity index (χ2n) is 7.31. The summed E-state index contributed by atoms with van der Waals surface area (Å²) in [5.74, 6) is 1.57. The van der Waals surface area contributed by atoms with Crippen LogP contribution >= 0.6 is 0 Å². The Morgan fingerprint density at radius 3 is 2.10 bits per heavy atom. The lowest BCUT2D eigenvalue weighted by Crippen LogP contribution is -2.47. The highest BCUT2D eigenvalue weighted by Crippen LogP contribution is 2.25. The first kappa shape index (κ1) is 22.1. The number of benzene rings is 2. The van der Waals surface area contributed by atoms with Crippen LogP contribution in [0.3, 0.4) is 0 Å². The normalized spacial score (nSPS) is 15.5. The first-order valence-corrected chi connectivity index (χ1v) is 11.7. The molecule has 1 atom stereocenters. The van der Waals surface area contributed by atoms with Gasteiger partial charge < -0.3 is 14.8 Å². The Kier molecular flexibility index (Phi) is 7.33. The molecule has 0 unspecified atom stereocenters. The van der Waals surface area contributed by atoms with Crippen molar-refractivity contribution in [2.24, 2.45) is 0 Å². The van der Waals surface area contributed by atoms with Crippen molar-refractivity contribution >= 4 is 15.9 Å². The fourth-order valence-electron chi connectivity index (χ4n) is 3.34.